The standard InChI is InChI=1S/C17H15Cl3O/c18-15-7-8-16(19)17(20)14(15)10-21-13-6-5-11-3-1-2-4-12(11)9-13/h5-9H,1-4,10H2. The lowest BCUT2D eigenvalue weighted by atomic mass is 9.92. The van der Waals surface area contributed by atoms with Gasteiger partial charge in [-0.25, -0.2) is 0 Å². The Balaban J connectivity index is 1.78. The van der Waals surface area contributed by atoms with Crippen molar-refractivity contribution in [2.75, 3.05) is 0 Å². The highest BCUT2D eigenvalue weighted by atomic mass is 35.5. The molecule has 110 valence electrons. The van der Waals surface area contributed by atoms with Crippen LogP contribution in [0, 0.1) is 0 Å². The van der Waals surface area contributed by atoms with Crippen molar-refractivity contribution in [1.29, 1.82) is 0 Å². The topological polar surface area (TPSA) is 9.23 Å². The zero-order valence-electron chi connectivity index (χ0n) is 11.5. The fourth-order valence-electron chi connectivity index (χ4n) is 2.66. The minimum atomic E-state index is 0.316. The first-order chi connectivity index (χ1) is 10.1. The summed E-state index contributed by atoms with van der Waals surface area (Å²) in [7, 11) is 0. The Morgan fingerprint density at radius 3 is 2.38 bits per heavy atom. The van der Waals surface area contributed by atoms with Gasteiger partial charge in [0.05, 0.1) is 10.0 Å². The second kappa shape index (κ2) is 6.48. The molecule has 1 nitrogen and oxygen atoms in total. The highest BCUT2D eigenvalue weighted by molar-refractivity contribution is 6.44. The van der Waals surface area contributed by atoms with Crippen molar-refractivity contribution in [2.24, 2.45) is 0 Å². The van der Waals surface area contributed by atoms with Crippen molar-refractivity contribution >= 4 is 34.8 Å². The molecule has 2 aromatic rings. The van der Waals surface area contributed by atoms with Crippen LogP contribution in [0.2, 0.25) is 15.1 Å². The highest BCUT2D eigenvalue weighted by Gasteiger charge is 2.12. The Hall–Kier alpha value is -0.890. The van der Waals surface area contributed by atoms with Crippen LogP contribution >= 0.6 is 34.8 Å². The monoisotopic (exact) mass is 340 g/mol. The lowest BCUT2D eigenvalue weighted by Crippen LogP contribution is -2.04. The van der Waals surface area contributed by atoms with Crippen LogP contribution in [0.5, 0.6) is 5.75 Å². The summed E-state index contributed by atoms with van der Waals surface area (Å²) in [5, 5.41) is 1.52. The first-order valence-corrected chi connectivity index (χ1v) is 8.15. The van der Waals surface area contributed by atoms with E-state index in [9.17, 15) is 0 Å². The molecule has 2 aromatic carbocycles. The number of rotatable bonds is 3. The quantitative estimate of drug-likeness (QED) is 0.612. The minimum absolute atomic E-state index is 0.316. The van der Waals surface area contributed by atoms with E-state index in [2.05, 4.69) is 12.1 Å². The molecule has 3 rings (SSSR count). The highest BCUT2D eigenvalue weighted by Crippen LogP contribution is 2.33. The molecule has 0 heterocycles. The zero-order chi connectivity index (χ0) is 14.8. The van der Waals surface area contributed by atoms with Gasteiger partial charge in [0.1, 0.15) is 12.4 Å². The number of aryl methyl sites for hydroxylation is 2. The van der Waals surface area contributed by atoms with Gasteiger partial charge in [-0.1, -0.05) is 40.9 Å². The molecular formula is C17H15Cl3O. The first-order valence-electron chi connectivity index (χ1n) is 7.02. The summed E-state index contributed by atoms with van der Waals surface area (Å²) >= 11 is 18.4. The van der Waals surface area contributed by atoms with Crippen molar-refractivity contribution in [1.82, 2.24) is 0 Å². The Morgan fingerprint density at radius 1 is 0.857 bits per heavy atom. The lowest BCUT2D eigenvalue weighted by Gasteiger charge is -2.17. The first kappa shape index (κ1) is 15.0. The van der Waals surface area contributed by atoms with Gasteiger partial charge < -0.3 is 4.74 Å². The van der Waals surface area contributed by atoms with Crippen LogP contribution in [0.25, 0.3) is 0 Å². The third-order valence-electron chi connectivity index (χ3n) is 3.84. The van der Waals surface area contributed by atoms with E-state index >= 15 is 0 Å². The van der Waals surface area contributed by atoms with E-state index in [1.165, 1.54) is 30.4 Å². The number of benzene rings is 2. The lowest BCUT2D eigenvalue weighted by molar-refractivity contribution is 0.306. The Bertz CT molecular complexity index is 667. The Labute approximate surface area is 139 Å². The summed E-state index contributed by atoms with van der Waals surface area (Å²) in [6.07, 6.45) is 4.83. The molecule has 1 aliphatic rings. The molecule has 0 radical (unpaired) electrons. The van der Waals surface area contributed by atoms with Crippen molar-refractivity contribution in [2.45, 2.75) is 32.3 Å². The van der Waals surface area contributed by atoms with Crippen LogP contribution in [0.4, 0.5) is 0 Å². The molecule has 4 heteroatoms. The summed E-state index contributed by atoms with van der Waals surface area (Å²) in [5.74, 6) is 0.850. The van der Waals surface area contributed by atoms with E-state index in [0.29, 0.717) is 21.7 Å². The molecule has 0 aliphatic heterocycles. The third-order valence-corrected chi connectivity index (χ3v) is 5.04. The molecule has 21 heavy (non-hydrogen) atoms. The molecular weight excluding hydrogens is 327 g/mol. The van der Waals surface area contributed by atoms with Crippen LogP contribution in [-0.2, 0) is 19.4 Å². The fraction of sp³-hybridized carbons (Fsp3) is 0.294. The van der Waals surface area contributed by atoms with E-state index in [1.807, 2.05) is 6.07 Å². The maximum atomic E-state index is 6.18. The van der Waals surface area contributed by atoms with Crippen molar-refractivity contribution < 1.29 is 4.74 Å². The summed E-state index contributed by atoms with van der Waals surface area (Å²) in [4.78, 5) is 0. The summed E-state index contributed by atoms with van der Waals surface area (Å²) in [6.45, 7) is 0.316. The van der Waals surface area contributed by atoms with E-state index in [1.54, 1.807) is 12.1 Å². The summed E-state index contributed by atoms with van der Waals surface area (Å²) < 4.78 is 5.85. The third kappa shape index (κ3) is 3.31. The molecule has 0 amide bonds. The molecule has 0 bridgehead atoms. The molecule has 1 aliphatic carbocycles. The molecule has 0 unspecified atom stereocenters. The Kier molecular flexibility index (Phi) is 4.63. The number of hydrogen-bond donors (Lipinski definition) is 0. The van der Waals surface area contributed by atoms with E-state index < -0.39 is 0 Å². The minimum Gasteiger partial charge on any atom is -0.489 e. The van der Waals surface area contributed by atoms with Crippen LogP contribution in [0.3, 0.4) is 0 Å². The van der Waals surface area contributed by atoms with Crippen molar-refractivity contribution in [3.63, 3.8) is 0 Å². The van der Waals surface area contributed by atoms with E-state index in [4.69, 9.17) is 39.5 Å². The maximum absolute atomic E-state index is 6.18. The van der Waals surface area contributed by atoms with Crippen LogP contribution < -0.4 is 4.74 Å². The maximum Gasteiger partial charge on any atom is 0.120 e. The number of halogens is 3. The predicted octanol–water partition coefficient (Wildman–Crippen LogP) is 6.10. The molecule has 0 fully saturated rings. The van der Waals surface area contributed by atoms with Gasteiger partial charge in [0.15, 0.2) is 0 Å². The van der Waals surface area contributed by atoms with Gasteiger partial charge >= 0.3 is 0 Å². The van der Waals surface area contributed by atoms with Crippen LogP contribution in [0.15, 0.2) is 30.3 Å². The SMILES string of the molecule is Clc1ccc(Cl)c(COc2ccc3c(c2)CCCC3)c1Cl. The zero-order valence-corrected chi connectivity index (χ0v) is 13.7. The van der Waals surface area contributed by atoms with Gasteiger partial charge in [-0.05, 0) is 61.1 Å². The predicted molar refractivity (Wildman–Crippen MR) is 88.9 cm³/mol. The summed E-state index contributed by atoms with van der Waals surface area (Å²) in [6, 6.07) is 9.72. The number of hydrogen-bond acceptors (Lipinski definition) is 1. The molecule has 0 aromatic heterocycles. The van der Waals surface area contributed by atoms with Crippen molar-refractivity contribution in [3.8, 4) is 5.75 Å². The number of ether oxygens (including phenoxy) is 1. The van der Waals surface area contributed by atoms with Gasteiger partial charge in [0.25, 0.3) is 0 Å². The second-order valence-corrected chi connectivity index (χ2v) is 6.44. The average Bonchev–Trinajstić information content (AvgIpc) is 2.51. The van der Waals surface area contributed by atoms with Gasteiger partial charge in [-0.15, -0.1) is 0 Å². The molecule has 0 atom stereocenters. The van der Waals surface area contributed by atoms with Gasteiger partial charge in [-0.3, -0.25) is 0 Å². The van der Waals surface area contributed by atoms with Crippen LogP contribution in [0.1, 0.15) is 29.5 Å². The molecule has 0 N–H and O–H groups in total. The second-order valence-electron chi connectivity index (χ2n) is 5.25. The van der Waals surface area contributed by atoms with Gasteiger partial charge in [0.2, 0.25) is 0 Å². The fourth-order valence-corrected chi connectivity index (χ4v) is 3.31. The normalized spacial score (nSPS) is 13.9. The number of fused-ring (bicyclic) bond motifs is 1. The van der Waals surface area contributed by atoms with Crippen molar-refractivity contribution in [3.05, 3.63) is 62.1 Å². The van der Waals surface area contributed by atoms with E-state index in [0.717, 1.165) is 17.7 Å². The molecule has 0 saturated heterocycles. The average molecular weight is 342 g/mol. The van der Waals surface area contributed by atoms with Crippen LogP contribution in [-0.4, -0.2) is 0 Å². The smallest absolute Gasteiger partial charge is 0.120 e. The molecule has 0 saturated carbocycles. The van der Waals surface area contributed by atoms with Gasteiger partial charge in [-0.2, -0.15) is 0 Å². The largest absolute Gasteiger partial charge is 0.489 e. The van der Waals surface area contributed by atoms with Gasteiger partial charge in [0, 0.05) is 10.6 Å². The Morgan fingerprint density at radius 2 is 1.57 bits per heavy atom. The summed E-state index contributed by atoms with van der Waals surface area (Å²) in [5.41, 5.74) is 3.55. The van der Waals surface area contributed by atoms with E-state index in [-0.39, 0.29) is 0 Å². The molecule has 0 spiro atoms.